The summed E-state index contributed by atoms with van der Waals surface area (Å²) in [5, 5.41) is 9.18. The number of nitrogens with zero attached hydrogens (tertiary/aromatic N) is 1. The third-order valence-electron chi connectivity index (χ3n) is 4.15. The van der Waals surface area contributed by atoms with Gasteiger partial charge in [-0.05, 0) is 23.3 Å². The van der Waals surface area contributed by atoms with E-state index in [2.05, 4.69) is 0 Å². The molecule has 1 saturated heterocycles. The summed E-state index contributed by atoms with van der Waals surface area (Å²) in [7, 11) is 1.63. The molecule has 0 spiro atoms. The molecule has 1 N–H and O–H groups in total. The third-order valence-corrected chi connectivity index (χ3v) is 4.15. The number of likely N-dealkylation sites (N-methyl/N-ethyl adjacent to an activating group) is 1. The number of hydrogen-bond donors (Lipinski definition) is 1. The van der Waals surface area contributed by atoms with Crippen molar-refractivity contribution in [1.29, 1.82) is 0 Å². The Morgan fingerprint density at radius 1 is 1.19 bits per heavy atom. The van der Waals surface area contributed by atoms with Gasteiger partial charge in [-0.25, -0.2) is 0 Å². The number of aliphatic carboxylic acids is 1. The molecule has 1 aromatic carbocycles. The first-order valence-corrected chi connectivity index (χ1v) is 6.85. The first-order valence-electron chi connectivity index (χ1n) is 6.85. The SMILES string of the molecule is CN(C(=O)c1ccc2c(c1)COC2)C1COCC1C(=O)O. The third kappa shape index (κ3) is 2.52. The van der Waals surface area contributed by atoms with E-state index < -0.39 is 17.9 Å². The molecule has 0 aliphatic carbocycles. The van der Waals surface area contributed by atoms with Gasteiger partial charge in [0, 0.05) is 12.6 Å². The molecule has 112 valence electrons. The summed E-state index contributed by atoms with van der Waals surface area (Å²) in [5.41, 5.74) is 2.67. The number of fused-ring (bicyclic) bond motifs is 1. The summed E-state index contributed by atoms with van der Waals surface area (Å²) in [6, 6.07) is 5.05. The molecule has 2 atom stereocenters. The number of carbonyl (C=O) groups excluding carboxylic acids is 1. The molecular formula is C15H17NO5. The Labute approximate surface area is 122 Å². The van der Waals surface area contributed by atoms with E-state index in [1.807, 2.05) is 12.1 Å². The van der Waals surface area contributed by atoms with Crippen LogP contribution in [0.4, 0.5) is 0 Å². The van der Waals surface area contributed by atoms with Crippen molar-refractivity contribution in [1.82, 2.24) is 4.90 Å². The monoisotopic (exact) mass is 291 g/mol. The van der Waals surface area contributed by atoms with Gasteiger partial charge in [-0.2, -0.15) is 0 Å². The highest BCUT2D eigenvalue weighted by molar-refractivity contribution is 5.95. The first kappa shape index (κ1) is 14.0. The highest BCUT2D eigenvalue weighted by Crippen LogP contribution is 2.24. The molecule has 21 heavy (non-hydrogen) atoms. The molecule has 2 unspecified atom stereocenters. The van der Waals surface area contributed by atoms with Crippen molar-refractivity contribution in [2.75, 3.05) is 20.3 Å². The molecule has 0 saturated carbocycles. The van der Waals surface area contributed by atoms with E-state index in [4.69, 9.17) is 9.47 Å². The highest BCUT2D eigenvalue weighted by atomic mass is 16.5. The zero-order chi connectivity index (χ0) is 15.0. The van der Waals surface area contributed by atoms with Crippen LogP contribution in [0.15, 0.2) is 18.2 Å². The Kier molecular flexibility index (Phi) is 3.65. The van der Waals surface area contributed by atoms with Crippen LogP contribution in [0.5, 0.6) is 0 Å². The summed E-state index contributed by atoms with van der Waals surface area (Å²) >= 11 is 0. The van der Waals surface area contributed by atoms with E-state index in [-0.39, 0.29) is 19.1 Å². The van der Waals surface area contributed by atoms with Crippen molar-refractivity contribution in [3.05, 3.63) is 34.9 Å². The van der Waals surface area contributed by atoms with Crippen LogP contribution in [0.3, 0.4) is 0 Å². The van der Waals surface area contributed by atoms with E-state index in [9.17, 15) is 14.7 Å². The molecule has 1 fully saturated rings. The molecule has 3 rings (SSSR count). The smallest absolute Gasteiger partial charge is 0.311 e. The summed E-state index contributed by atoms with van der Waals surface area (Å²) in [6.45, 7) is 1.50. The molecule has 2 aliphatic heterocycles. The maximum absolute atomic E-state index is 12.5. The van der Waals surface area contributed by atoms with Crippen molar-refractivity contribution in [2.24, 2.45) is 5.92 Å². The normalized spacial score (nSPS) is 23.9. The van der Waals surface area contributed by atoms with Crippen LogP contribution in [-0.2, 0) is 27.5 Å². The van der Waals surface area contributed by atoms with Gasteiger partial charge in [0.25, 0.3) is 5.91 Å². The fourth-order valence-electron chi connectivity index (χ4n) is 2.82. The van der Waals surface area contributed by atoms with E-state index in [1.54, 1.807) is 13.1 Å². The lowest BCUT2D eigenvalue weighted by molar-refractivity contribution is -0.142. The quantitative estimate of drug-likeness (QED) is 0.895. The number of ether oxygens (including phenoxy) is 2. The fourth-order valence-corrected chi connectivity index (χ4v) is 2.82. The molecular weight excluding hydrogens is 274 g/mol. The van der Waals surface area contributed by atoms with Gasteiger partial charge in [0.1, 0.15) is 5.92 Å². The Hall–Kier alpha value is -1.92. The molecule has 6 heteroatoms. The second-order valence-electron chi connectivity index (χ2n) is 5.44. The predicted octanol–water partition coefficient (Wildman–Crippen LogP) is 0.888. The average molecular weight is 291 g/mol. The molecule has 2 aliphatic rings. The summed E-state index contributed by atoms with van der Waals surface area (Å²) in [4.78, 5) is 25.2. The molecule has 0 aromatic heterocycles. The zero-order valence-corrected chi connectivity index (χ0v) is 11.7. The Balaban J connectivity index is 1.79. The second-order valence-corrected chi connectivity index (χ2v) is 5.44. The topological polar surface area (TPSA) is 76.1 Å². The lowest BCUT2D eigenvalue weighted by Gasteiger charge is -2.26. The standard InChI is InChI=1S/C15H17NO5/c1-16(13-8-21-7-12(13)15(18)19)14(17)9-2-3-10-5-20-6-11(10)4-9/h2-4,12-13H,5-8H2,1H3,(H,18,19). The van der Waals surface area contributed by atoms with Crippen molar-refractivity contribution in [3.8, 4) is 0 Å². The number of benzene rings is 1. The van der Waals surface area contributed by atoms with Crippen molar-refractivity contribution >= 4 is 11.9 Å². The van der Waals surface area contributed by atoms with Gasteiger partial charge < -0.3 is 19.5 Å². The van der Waals surface area contributed by atoms with Crippen molar-refractivity contribution < 1.29 is 24.2 Å². The minimum atomic E-state index is -0.931. The zero-order valence-electron chi connectivity index (χ0n) is 11.7. The van der Waals surface area contributed by atoms with Crippen LogP contribution in [0.25, 0.3) is 0 Å². The number of rotatable bonds is 3. The molecule has 1 aromatic rings. The predicted molar refractivity (Wildman–Crippen MR) is 72.8 cm³/mol. The maximum Gasteiger partial charge on any atom is 0.311 e. The van der Waals surface area contributed by atoms with Gasteiger partial charge in [-0.15, -0.1) is 0 Å². The van der Waals surface area contributed by atoms with Gasteiger partial charge in [-0.3, -0.25) is 9.59 Å². The van der Waals surface area contributed by atoms with Crippen LogP contribution in [0.1, 0.15) is 21.5 Å². The molecule has 0 bridgehead atoms. The number of amides is 1. The van der Waals surface area contributed by atoms with E-state index in [0.29, 0.717) is 18.8 Å². The minimum Gasteiger partial charge on any atom is -0.481 e. The Morgan fingerprint density at radius 2 is 1.95 bits per heavy atom. The Bertz CT molecular complexity index is 585. The maximum atomic E-state index is 12.5. The number of carboxylic acids is 1. The van der Waals surface area contributed by atoms with Crippen LogP contribution < -0.4 is 0 Å². The minimum absolute atomic E-state index is 0.148. The summed E-state index contributed by atoms with van der Waals surface area (Å²) < 4.78 is 10.6. The van der Waals surface area contributed by atoms with Crippen LogP contribution in [-0.4, -0.2) is 48.2 Å². The van der Waals surface area contributed by atoms with Crippen LogP contribution >= 0.6 is 0 Å². The molecule has 1 amide bonds. The van der Waals surface area contributed by atoms with Gasteiger partial charge >= 0.3 is 5.97 Å². The van der Waals surface area contributed by atoms with Crippen molar-refractivity contribution in [2.45, 2.75) is 19.3 Å². The summed E-state index contributed by atoms with van der Waals surface area (Å²) in [6.07, 6.45) is 0. The van der Waals surface area contributed by atoms with E-state index >= 15 is 0 Å². The second kappa shape index (κ2) is 5.46. The summed E-state index contributed by atoms with van der Waals surface area (Å²) in [5.74, 6) is -1.79. The largest absolute Gasteiger partial charge is 0.481 e. The fraction of sp³-hybridized carbons (Fsp3) is 0.467. The van der Waals surface area contributed by atoms with E-state index in [0.717, 1.165) is 11.1 Å². The van der Waals surface area contributed by atoms with Gasteiger partial charge in [-0.1, -0.05) is 6.07 Å². The molecule has 2 heterocycles. The van der Waals surface area contributed by atoms with Gasteiger partial charge in [0.05, 0.1) is 32.5 Å². The number of carboxylic acid groups (broad SMARTS) is 1. The van der Waals surface area contributed by atoms with Crippen LogP contribution in [0, 0.1) is 5.92 Å². The first-order chi connectivity index (χ1) is 10.1. The Morgan fingerprint density at radius 3 is 2.71 bits per heavy atom. The van der Waals surface area contributed by atoms with Crippen LogP contribution in [0.2, 0.25) is 0 Å². The number of carbonyl (C=O) groups is 2. The van der Waals surface area contributed by atoms with Gasteiger partial charge in [0.15, 0.2) is 0 Å². The number of hydrogen-bond acceptors (Lipinski definition) is 4. The lowest BCUT2D eigenvalue weighted by atomic mass is 10.0. The molecule has 0 radical (unpaired) electrons. The van der Waals surface area contributed by atoms with E-state index in [1.165, 1.54) is 4.90 Å². The molecule has 6 nitrogen and oxygen atoms in total. The lowest BCUT2D eigenvalue weighted by Crippen LogP contribution is -2.44. The average Bonchev–Trinajstić information content (AvgIpc) is 3.13. The van der Waals surface area contributed by atoms with Gasteiger partial charge in [0.2, 0.25) is 0 Å². The van der Waals surface area contributed by atoms with Crippen molar-refractivity contribution in [3.63, 3.8) is 0 Å². The highest BCUT2D eigenvalue weighted by Gasteiger charge is 2.38.